The van der Waals surface area contributed by atoms with Gasteiger partial charge in [-0.15, -0.1) is 0 Å². The Labute approximate surface area is 135 Å². The fourth-order valence-corrected chi connectivity index (χ4v) is 2.84. The summed E-state index contributed by atoms with van der Waals surface area (Å²) in [5.74, 6) is -0.685. The minimum Gasteiger partial charge on any atom is -0.485 e. The van der Waals surface area contributed by atoms with E-state index in [4.69, 9.17) is 4.74 Å². The first-order valence-corrected chi connectivity index (χ1v) is 7.92. The summed E-state index contributed by atoms with van der Waals surface area (Å²) < 4.78 is 7.19. The number of likely N-dealkylation sites (tertiary alicyclic amines) is 1. The molecule has 0 atom stereocenters. The van der Waals surface area contributed by atoms with Gasteiger partial charge in [-0.25, -0.2) is 4.79 Å². The molecule has 0 spiro atoms. The van der Waals surface area contributed by atoms with E-state index in [0.717, 1.165) is 25.2 Å². The molecule has 122 valence electrons. The van der Waals surface area contributed by atoms with E-state index >= 15 is 0 Å². The van der Waals surface area contributed by atoms with Crippen molar-refractivity contribution in [2.45, 2.75) is 26.0 Å². The van der Waals surface area contributed by atoms with Gasteiger partial charge in [0, 0.05) is 6.54 Å². The maximum absolute atomic E-state index is 11.6. The van der Waals surface area contributed by atoms with Gasteiger partial charge in [-0.3, -0.25) is 4.68 Å². The molecule has 1 N–H and O–H groups in total. The Kier molecular flexibility index (Phi) is 4.92. The van der Waals surface area contributed by atoms with E-state index in [-0.39, 0.29) is 5.69 Å². The summed E-state index contributed by atoms with van der Waals surface area (Å²) in [6, 6.07) is 9.67. The van der Waals surface area contributed by atoms with Crippen LogP contribution in [0.4, 0.5) is 0 Å². The van der Waals surface area contributed by atoms with Gasteiger partial charge in [-0.05, 0) is 31.5 Å². The molecule has 0 radical (unpaired) electrons. The predicted molar refractivity (Wildman–Crippen MR) is 85.6 cm³/mol. The van der Waals surface area contributed by atoms with Crippen molar-refractivity contribution in [3.8, 4) is 5.75 Å². The average molecular weight is 315 g/mol. The van der Waals surface area contributed by atoms with Crippen molar-refractivity contribution in [1.82, 2.24) is 14.7 Å². The van der Waals surface area contributed by atoms with Gasteiger partial charge in [0.05, 0.1) is 12.7 Å². The molecule has 0 bridgehead atoms. The fourth-order valence-electron chi connectivity index (χ4n) is 2.84. The molecule has 23 heavy (non-hydrogen) atoms. The van der Waals surface area contributed by atoms with Crippen molar-refractivity contribution in [3.63, 3.8) is 0 Å². The number of hydrogen-bond donors (Lipinski definition) is 1. The van der Waals surface area contributed by atoms with Crippen LogP contribution >= 0.6 is 0 Å². The number of benzene rings is 1. The zero-order valence-corrected chi connectivity index (χ0v) is 13.0. The van der Waals surface area contributed by atoms with Crippen molar-refractivity contribution >= 4 is 5.97 Å². The quantitative estimate of drug-likeness (QED) is 0.849. The smallest absolute Gasteiger partial charge is 0.358 e. The molecule has 0 amide bonds. The second kappa shape index (κ2) is 7.28. The summed E-state index contributed by atoms with van der Waals surface area (Å²) >= 11 is 0. The second-order valence-corrected chi connectivity index (χ2v) is 5.71. The maximum Gasteiger partial charge on any atom is 0.358 e. The van der Waals surface area contributed by atoms with Crippen LogP contribution in [0.3, 0.4) is 0 Å². The molecule has 1 fully saturated rings. The number of hydrogen-bond acceptors (Lipinski definition) is 4. The summed E-state index contributed by atoms with van der Waals surface area (Å²) in [6.45, 7) is 3.89. The van der Waals surface area contributed by atoms with Crippen molar-refractivity contribution in [3.05, 3.63) is 47.8 Å². The molecule has 1 aromatic carbocycles. The number of aromatic nitrogens is 2. The van der Waals surface area contributed by atoms with E-state index in [1.807, 2.05) is 30.3 Å². The van der Waals surface area contributed by atoms with Crippen LogP contribution in [0, 0.1) is 0 Å². The number of aromatic carboxylic acids is 1. The third kappa shape index (κ3) is 3.90. The first kappa shape index (κ1) is 15.6. The number of carboxylic acid groups (broad SMARTS) is 1. The van der Waals surface area contributed by atoms with Crippen LogP contribution in [0.25, 0.3) is 0 Å². The van der Waals surface area contributed by atoms with Crippen LogP contribution in [0.5, 0.6) is 5.75 Å². The summed E-state index contributed by atoms with van der Waals surface area (Å²) in [4.78, 5) is 13.9. The normalized spacial score (nSPS) is 15.0. The van der Waals surface area contributed by atoms with Crippen LogP contribution < -0.4 is 4.74 Å². The molecular weight excluding hydrogens is 294 g/mol. The Morgan fingerprint density at radius 2 is 1.91 bits per heavy atom. The number of carboxylic acids is 1. The lowest BCUT2D eigenvalue weighted by molar-refractivity contribution is 0.0677. The molecule has 0 aliphatic carbocycles. The first-order chi connectivity index (χ1) is 11.2. The van der Waals surface area contributed by atoms with E-state index < -0.39 is 5.97 Å². The van der Waals surface area contributed by atoms with Gasteiger partial charge in [0.1, 0.15) is 6.61 Å². The van der Waals surface area contributed by atoms with Gasteiger partial charge >= 0.3 is 5.97 Å². The third-order valence-corrected chi connectivity index (χ3v) is 4.07. The van der Waals surface area contributed by atoms with E-state index in [1.165, 1.54) is 23.7 Å². The predicted octanol–water partition coefficient (Wildman–Crippen LogP) is 2.26. The Bertz CT molecular complexity index is 648. The lowest BCUT2D eigenvalue weighted by Crippen LogP contribution is -2.25. The first-order valence-electron chi connectivity index (χ1n) is 7.92. The van der Waals surface area contributed by atoms with Gasteiger partial charge in [0.15, 0.2) is 11.4 Å². The largest absolute Gasteiger partial charge is 0.485 e. The second-order valence-electron chi connectivity index (χ2n) is 5.71. The topological polar surface area (TPSA) is 67.6 Å². The van der Waals surface area contributed by atoms with Crippen LogP contribution in [0.15, 0.2) is 36.5 Å². The van der Waals surface area contributed by atoms with Gasteiger partial charge in [-0.2, -0.15) is 5.10 Å². The van der Waals surface area contributed by atoms with Crippen molar-refractivity contribution in [1.29, 1.82) is 0 Å². The van der Waals surface area contributed by atoms with Crippen molar-refractivity contribution < 1.29 is 14.6 Å². The highest BCUT2D eigenvalue weighted by Crippen LogP contribution is 2.20. The average Bonchev–Trinajstić information content (AvgIpc) is 3.21. The number of nitrogens with zero attached hydrogens (tertiary/aromatic N) is 3. The highest BCUT2D eigenvalue weighted by Gasteiger charge is 2.20. The molecule has 1 aromatic heterocycles. The van der Waals surface area contributed by atoms with Gasteiger partial charge in [-0.1, -0.05) is 30.3 Å². The van der Waals surface area contributed by atoms with Gasteiger partial charge < -0.3 is 14.7 Å². The van der Waals surface area contributed by atoms with E-state index in [9.17, 15) is 9.90 Å². The molecule has 3 rings (SSSR count). The Hall–Kier alpha value is -2.34. The summed E-state index contributed by atoms with van der Waals surface area (Å²) in [5, 5.41) is 13.7. The number of carbonyl (C=O) groups is 1. The molecule has 6 nitrogen and oxygen atoms in total. The minimum atomic E-state index is -1.01. The zero-order chi connectivity index (χ0) is 16.1. The lowest BCUT2D eigenvalue weighted by atomic mass is 10.2. The third-order valence-electron chi connectivity index (χ3n) is 4.07. The van der Waals surface area contributed by atoms with E-state index in [0.29, 0.717) is 18.9 Å². The van der Waals surface area contributed by atoms with Crippen molar-refractivity contribution in [2.24, 2.45) is 0 Å². The maximum atomic E-state index is 11.6. The van der Waals surface area contributed by atoms with Gasteiger partial charge in [0.25, 0.3) is 0 Å². The minimum absolute atomic E-state index is 0.125. The standard InChI is InChI=1S/C17H21N3O3/c21-17(22)16-15(23-13-14-6-2-1-3-7-14)12-18-20(16)11-10-19-8-4-5-9-19/h1-3,6-7,12H,4-5,8-11,13H2,(H,21,22). The Balaban J connectivity index is 1.66. The number of rotatable bonds is 7. The lowest BCUT2D eigenvalue weighted by Gasteiger charge is -2.15. The van der Waals surface area contributed by atoms with Gasteiger partial charge in [0.2, 0.25) is 0 Å². The Morgan fingerprint density at radius 3 is 2.61 bits per heavy atom. The highest BCUT2D eigenvalue weighted by molar-refractivity contribution is 5.88. The van der Waals surface area contributed by atoms with E-state index in [1.54, 1.807) is 0 Å². The monoisotopic (exact) mass is 315 g/mol. The van der Waals surface area contributed by atoms with Crippen LogP contribution in [0.2, 0.25) is 0 Å². The molecule has 2 heterocycles. The molecule has 2 aromatic rings. The SMILES string of the molecule is O=C(O)c1c(OCc2ccccc2)cnn1CCN1CCCC1. The fraction of sp³-hybridized carbons (Fsp3) is 0.412. The number of ether oxygens (including phenoxy) is 1. The summed E-state index contributed by atoms with van der Waals surface area (Å²) in [6.07, 6.45) is 3.93. The summed E-state index contributed by atoms with van der Waals surface area (Å²) in [5.41, 5.74) is 1.12. The summed E-state index contributed by atoms with van der Waals surface area (Å²) in [7, 11) is 0. The molecule has 1 aliphatic rings. The highest BCUT2D eigenvalue weighted by atomic mass is 16.5. The molecule has 1 saturated heterocycles. The molecule has 0 unspecified atom stereocenters. The molecule has 0 saturated carbocycles. The molecule has 1 aliphatic heterocycles. The Morgan fingerprint density at radius 1 is 1.17 bits per heavy atom. The van der Waals surface area contributed by atoms with Crippen LogP contribution in [0.1, 0.15) is 28.9 Å². The zero-order valence-electron chi connectivity index (χ0n) is 13.0. The molecular formula is C17H21N3O3. The van der Waals surface area contributed by atoms with Crippen LogP contribution in [-0.4, -0.2) is 45.4 Å². The van der Waals surface area contributed by atoms with E-state index in [2.05, 4.69) is 10.00 Å². The van der Waals surface area contributed by atoms with Crippen molar-refractivity contribution in [2.75, 3.05) is 19.6 Å². The molecule has 6 heteroatoms. The van der Waals surface area contributed by atoms with Crippen LogP contribution in [-0.2, 0) is 13.2 Å².